The Morgan fingerprint density at radius 2 is 2.23 bits per heavy atom. The molecule has 4 nitrogen and oxygen atoms in total. The quantitative estimate of drug-likeness (QED) is 0.572. The fraction of sp³-hybridized carbons (Fsp3) is 0.750. The highest BCUT2D eigenvalue weighted by Crippen LogP contribution is 2.27. The van der Waals surface area contributed by atoms with Crippen molar-refractivity contribution < 1.29 is 0 Å². The largest absolute Gasteiger partial charge is 0.271 e. The summed E-state index contributed by atoms with van der Waals surface area (Å²) in [6.45, 7) is 6.32. The van der Waals surface area contributed by atoms with Gasteiger partial charge in [-0.15, -0.1) is 5.10 Å². The van der Waals surface area contributed by atoms with Crippen LogP contribution in [0, 0.1) is 0 Å². The number of nitrogens with one attached hydrogen (secondary N) is 1. The first-order valence-electron chi connectivity index (χ1n) is 4.49. The first-order valence-corrected chi connectivity index (χ1v) is 5.26. The van der Waals surface area contributed by atoms with E-state index in [-0.39, 0.29) is 6.04 Å². The maximum atomic E-state index is 5.44. The number of hydrazine groups is 1. The number of rotatable bonds is 4. The van der Waals surface area contributed by atoms with E-state index in [4.69, 9.17) is 5.84 Å². The smallest absolute Gasteiger partial charge is 0.0829 e. The molecule has 1 aromatic rings. The van der Waals surface area contributed by atoms with Crippen molar-refractivity contribution in [2.45, 2.75) is 39.2 Å². The zero-order valence-electron chi connectivity index (χ0n) is 8.24. The van der Waals surface area contributed by atoms with Gasteiger partial charge in [0, 0.05) is 0 Å². The highest BCUT2D eigenvalue weighted by Gasteiger charge is 2.18. The Hall–Kier alpha value is -0.520. The van der Waals surface area contributed by atoms with Gasteiger partial charge >= 0.3 is 0 Å². The van der Waals surface area contributed by atoms with Crippen molar-refractivity contribution in [3.05, 3.63) is 10.6 Å². The van der Waals surface area contributed by atoms with Crippen molar-refractivity contribution in [1.82, 2.24) is 15.0 Å². The molecule has 0 amide bonds. The van der Waals surface area contributed by atoms with Gasteiger partial charge in [-0.05, 0) is 23.9 Å². The molecule has 1 aromatic heterocycles. The fourth-order valence-electron chi connectivity index (χ4n) is 1.23. The monoisotopic (exact) mass is 200 g/mol. The number of hydrogen-bond donors (Lipinski definition) is 2. The minimum absolute atomic E-state index is 0.192. The lowest BCUT2D eigenvalue weighted by atomic mass is 10.1. The van der Waals surface area contributed by atoms with E-state index >= 15 is 0 Å². The number of hydrogen-bond acceptors (Lipinski definition) is 5. The second-order valence-electron chi connectivity index (χ2n) is 3.30. The molecule has 3 N–H and O–H groups in total. The highest BCUT2D eigenvalue weighted by molar-refractivity contribution is 7.05. The summed E-state index contributed by atoms with van der Waals surface area (Å²) in [5, 5.41) is 4.11. The summed E-state index contributed by atoms with van der Waals surface area (Å²) in [4.78, 5) is 1.17. The van der Waals surface area contributed by atoms with Crippen LogP contribution >= 0.6 is 11.5 Å². The van der Waals surface area contributed by atoms with Gasteiger partial charge in [-0.1, -0.05) is 25.3 Å². The van der Waals surface area contributed by atoms with Crippen molar-refractivity contribution in [1.29, 1.82) is 0 Å². The molecule has 0 spiro atoms. The topological polar surface area (TPSA) is 63.8 Å². The van der Waals surface area contributed by atoms with Gasteiger partial charge in [0.25, 0.3) is 0 Å². The molecule has 5 heteroatoms. The maximum Gasteiger partial charge on any atom is 0.0829 e. The predicted octanol–water partition coefficient (Wildman–Crippen LogP) is 1.58. The summed E-state index contributed by atoms with van der Waals surface area (Å²) in [5.41, 5.74) is 3.84. The number of aromatic nitrogens is 2. The Morgan fingerprint density at radius 1 is 1.54 bits per heavy atom. The second-order valence-corrected chi connectivity index (χ2v) is 4.09. The molecule has 0 aliphatic carbocycles. The van der Waals surface area contributed by atoms with Crippen molar-refractivity contribution in [3.63, 3.8) is 0 Å². The summed E-state index contributed by atoms with van der Waals surface area (Å²) < 4.78 is 3.96. The standard InChI is InChI=1S/C8H16N4S/c1-4-6(10-9)8-7(5(2)3)11-12-13-8/h5-6,10H,4,9H2,1-3H3. The van der Waals surface area contributed by atoms with Crippen LogP contribution in [-0.2, 0) is 0 Å². The third-order valence-electron chi connectivity index (χ3n) is 2.01. The average Bonchev–Trinajstić information content (AvgIpc) is 2.55. The minimum Gasteiger partial charge on any atom is -0.271 e. The first-order chi connectivity index (χ1) is 6.20. The van der Waals surface area contributed by atoms with E-state index in [2.05, 4.69) is 35.8 Å². The minimum atomic E-state index is 0.192. The Labute approximate surface area is 82.7 Å². The Kier molecular flexibility index (Phi) is 3.77. The van der Waals surface area contributed by atoms with Crippen molar-refractivity contribution >= 4 is 11.5 Å². The summed E-state index contributed by atoms with van der Waals surface area (Å²) in [5.74, 6) is 5.86. The molecule has 0 bridgehead atoms. The average molecular weight is 200 g/mol. The number of nitrogens with zero attached hydrogens (tertiary/aromatic N) is 2. The van der Waals surface area contributed by atoms with Gasteiger partial charge in [-0.25, -0.2) is 0 Å². The number of nitrogens with two attached hydrogens (primary N) is 1. The second kappa shape index (κ2) is 4.64. The van der Waals surface area contributed by atoms with Crippen molar-refractivity contribution in [2.75, 3.05) is 0 Å². The van der Waals surface area contributed by atoms with Gasteiger partial charge < -0.3 is 0 Å². The highest BCUT2D eigenvalue weighted by atomic mass is 32.1. The third kappa shape index (κ3) is 2.24. The van der Waals surface area contributed by atoms with E-state index in [1.54, 1.807) is 0 Å². The summed E-state index contributed by atoms with van der Waals surface area (Å²) in [7, 11) is 0. The van der Waals surface area contributed by atoms with Crippen LogP contribution in [-0.4, -0.2) is 9.59 Å². The van der Waals surface area contributed by atoms with Gasteiger partial charge in [-0.2, -0.15) is 0 Å². The van der Waals surface area contributed by atoms with Gasteiger partial charge in [0.2, 0.25) is 0 Å². The van der Waals surface area contributed by atoms with E-state index in [1.165, 1.54) is 16.4 Å². The SMILES string of the molecule is CCC(NN)c1snnc1C(C)C. The molecule has 1 unspecified atom stereocenters. The molecule has 1 heterocycles. The van der Waals surface area contributed by atoms with Crippen LogP contribution in [0.25, 0.3) is 0 Å². The van der Waals surface area contributed by atoms with Gasteiger partial charge in [0.1, 0.15) is 0 Å². The van der Waals surface area contributed by atoms with Crippen LogP contribution in [0.5, 0.6) is 0 Å². The van der Waals surface area contributed by atoms with Crippen molar-refractivity contribution in [2.24, 2.45) is 5.84 Å². The molecule has 13 heavy (non-hydrogen) atoms. The molecule has 0 saturated heterocycles. The van der Waals surface area contributed by atoms with E-state index in [0.717, 1.165) is 12.1 Å². The maximum absolute atomic E-state index is 5.44. The van der Waals surface area contributed by atoms with E-state index in [1.807, 2.05) is 0 Å². The van der Waals surface area contributed by atoms with Crippen molar-refractivity contribution in [3.8, 4) is 0 Å². The first kappa shape index (κ1) is 10.6. The molecule has 1 atom stereocenters. The molecule has 0 aliphatic heterocycles. The van der Waals surface area contributed by atoms with E-state index < -0.39 is 0 Å². The Balaban J connectivity index is 2.91. The van der Waals surface area contributed by atoms with Gasteiger partial charge in [0.05, 0.1) is 16.6 Å². The van der Waals surface area contributed by atoms with Crippen LogP contribution in [0.1, 0.15) is 49.7 Å². The lowest BCUT2D eigenvalue weighted by Gasteiger charge is -2.13. The molecule has 0 aromatic carbocycles. The molecule has 0 saturated carbocycles. The summed E-state index contributed by atoms with van der Waals surface area (Å²) in [6, 6.07) is 0.192. The molecular weight excluding hydrogens is 184 g/mol. The molecule has 74 valence electrons. The van der Waals surface area contributed by atoms with Crippen LogP contribution in [0.4, 0.5) is 0 Å². The third-order valence-corrected chi connectivity index (χ3v) is 2.87. The lowest BCUT2D eigenvalue weighted by molar-refractivity contribution is 0.539. The van der Waals surface area contributed by atoms with Crippen LogP contribution in [0.3, 0.4) is 0 Å². The summed E-state index contributed by atoms with van der Waals surface area (Å²) >= 11 is 1.43. The van der Waals surface area contributed by atoms with E-state index in [0.29, 0.717) is 5.92 Å². The Bertz CT molecular complexity index is 254. The summed E-state index contributed by atoms with van der Waals surface area (Å²) in [6.07, 6.45) is 0.958. The molecular formula is C8H16N4S. The van der Waals surface area contributed by atoms with Gasteiger partial charge in [-0.3, -0.25) is 11.3 Å². The van der Waals surface area contributed by atoms with Crippen LogP contribution < -0.4 is 11.3 Å². The zero-order chi connectivity index (χ0) is 9.84. The van der Waals surface area contributed by atoms with Crippen LogP contribution in [0.15, 0.2) is 0 Å². The van der Waals surface area contributed by atoms with Crippen LogP contribution in [0.2, 0.25) is 0 Å². The van der Waals surface area contributed by atoms with Gasteiger partial charge in [0.15, 0.2) is 0 Å². The molecule has 0 fully saturated rings. The molecule has 0 aliphatic rings. The lowest BCUT2D eigenvalue weighted by Crippen LogP contribution is -2.27. The predicted molar refractivity (Wildman–Crippen MR) is 54.4 cm³/mol. The zero-order valence-corrected chi connectivity index (χ0v) is 9.06. The fourth-order valence-corrected chi connectivity index (χ4v) is 2.17. The van der Waals surface area contributed by atoms with E-state index in [9.17, 15) is 0 Å². The molecule has 1 rings (SSSR count). The normalized spacial score (nSPS) is 13.6. The Morgan fingerprint density at radius 3 is 2.69 bits per heavy atom. The molecule has 0 radical (unpaired) electrons.